The van der Waals surface area contributed by atoms with Crippen LogP contribution in [0.4, 0.5) is 11.8 Å². The Balaban J connectivity index is 1.40. The molecular formula is C22H27N9O3. The summed E-state index contributed by atoms with van der Waals surface area (Å²) in [5.74, 6) is 0.684. The highest BCUT2D eigenvalue weighted by Gasteiger charge is 2.42. The largest absolute Gasteiger partial charge is 0.391 e. The molecule has 1 amide bonds. The monoisotopic (exact) mass is 465 g/mol. The maximum absolute atomic E-state index is 13.2. The summed E-state index contributed by atoms with van der Waals surface area (Å²) in [6.45, 7) is 1.89. The summed E-state index contributed by atoms with van der Waals surface area (Å²) >= 11 is 0. The zero-order chi connectivity index (χ0) is 24.0. The van der Waals surface area contributed by atoms with Gasteiger partial charge in [0, 0.05) is 32.4 Å². The molecule has 4 aromatic rings. The number of aromatic nitrogens is 6. The minimum Gasteiger partial charge on any atom is -0.391 e. The molecule has 1 aliphatic heterocycles. The number of para-hydroxylation sites is 2. The summed E-state index contributed by atoms with van der Waals surface area (Å²) in [6.07, 6.45) is 1.31. The van der Waals surface area contributed by atoms with Crippen LogP contribution in [-0.4, -0.2) is 75.3 Å². The van der Waals surface area contributed by atoms with E-state index in [2.05, 4.69) is 24.9 Å². The molecule has 3 atom stereocenters. The van der Waals surface area contributed by atoms with Crippen LogP contribution < -0.4 is 11.5 Å². The number of hydrogen-bond acceptors (Lipinski definition) is 9. The van der Waals surface area contributed by atoms with Crippen LogP contribution in [0.1, 0.15) is 31.6 Å². The number of hydrogen-bond donors (Lipinski definition) is 5. The van der Waals surface area contributed by atoms with Crippen LogP contribution in [0.5, 0.6) is 0 Å². The van der Waals surface area contributed by atoms with E-state index in [-0.39, 0.29) is 43.6 Å². The van der Waals surface area contributed by atoms with Gasteiger partial charge in [-0.1, -0.05) is 12.1 Å². The third-order valence-electron chi connectivity index (χ3n) is 6.36. The Kier molecular flexibility index (Phi) is 5.33. The van der Waals surface area contributed by atoms with E-state index in [4.69, 9.17) is 11.5 Å². The van der Waals surface area contributed by atoms with E-state index in [1.165, 1.54) is 6.33 Å². The highest BCUT2D eigenvalue weighted by atomic mass is 16.3. The normalized spacial score (nSPS) is 23.4. The number of benzene rings is 1. The lowest BCUT2D eigenvalue weighted by molar-refractivity contribution is -0.132. The number of aromatic amines is 1. The first-order chi connectivity index (χ1) is 16.2. The number of anilines is 2. The Morgan fingerprint density at radius 1 is 1.24 bits per heavy atom. The van der Waals surface area contributed by atoms with E-state index >= 15 is 0 Å². The van der Waals surface area contributed by atoms with Crippen molar-refractivity contribution in [1.82, 2.24) is 34.4 Å². The molecule has 1 aromatic carbocycles. The number of aliphatic hydroxyl groups is 2. The van der Waals surface area contributed by atoms with Gasteiger partial charge >= 0.3 is 0 Å². The van der Waals surface area contributed by atoms with Crippen molar-refractivity contribution in [1.29, 1.82) is 0 Å². The second-order valence-corrected chi connectivity index (χ2v) is 9.02. The molecule has 0 bridgehead atoms. The summed E-state index contributed by atoms with van der Waals surface area (Å²) in [6, 6.07) is 7.04. The van der Waals surface area contributed by atoms with E-state index < -0.39 is 17.7 Å². The second-order valence-electron chi connectivity index (χ2n) is 9.02. The number of likely N-dealkylation sites (tertiary alicyclic amines) is 1. The van der Waals surface area contributed by atoms with Crippen molar-refractivity contribution in [3.63, 3.8) is 0 Å². The number of nitrogens with zero attached hydrogens (tertiary/aromatic N) is 6. The molecule has 178 valence electrons. The van der Waals surface area contributed by atoms with Gasteiger partial charge in [0.1, 0.15) is 11.3 Å². The summed E-state index contributed by atoms with van der Waals surface area (Å²) in [7, 11) is 0. The molecule has 7 N–H and O–H groups in total. The molecule has 3 aromatic heterocycles. The van der Waals surface area contributed by atoms with Crippen molar-refractivity contribution >= 4 is 39.9 Å². The molecule has 1 aliphatic rings. The Bertz CT molecular complexity index is 1330. The number of amides is 1. The zero-order valence-electron chi connectivity index (χ0n) is 18.7. The summed E-state index contributed by atoms with van der Waals surface area (Å²) in [5, 5.41) is 21.9. The quantitative estimate of drug-likeness (QED) is 0.284. The van der Waals surface area contributed by atoms with E-state index in [9.17, 15) is 15.0 Å². The lowest BCUT2D eigenvalue weighted by atomic mass is 9.91. The van der Waals surface area contributed by atoms with Gasteiger partial charge in [-0.15, -0.1) is 0 Å². The van der Waals surface area contributed by atoms with Gasteiger partial charge in [0.25, 0.3) is 0 Å². The molecule has 5 rings (SSSR count). The van der Waals surface area contributed by atoms with Crippen LogP contribution in [0.3, 0.4) is 0 Å². The maximum Gasteiger partial charge on any atom is 0.224 e. The number of carbonyl (C=O) groups is 1. The molecule has 34 heavy (non-hydrogen) atoms. The molecule has 0 aliphatic carbocycles. The fraction of sp³-hybridized carbons (Fsp3) is 0.409. The van der Waals surface area contributed by atoms with Gasteiger partial charge in [-0.05, 0) is 19.1 Å². The molecule has 12 nitrogen and oxygen atoms in total. The van der Waals surface area contributed by atoms with Crippen molar-refractivity contribution in [3.8, 4) is 0 Å². The van der Waals surface area contributed by atoms with Gasteiger partial charge in [-0.2, -0.15) is 9.97 Å². The maximum atomic E-state index is 13.2. The molecule has 1 saturated heterocycles. The number of aliphatic hydroxyl groups excluding tert-OH is 1. The summed E-state index contributed by atoms with van der Waals surface area (Å²) in [4.78, 5) is 35.0. The third kappa shape index (κ3) is 4.01. The fourth-order valence-electron chi connectivity index (χ4n) is 4.69. The van der Waals surface area contributed by atoms with Crippen LogP contribution in [-0.2, 0) is 11.2 Å². The zero-order valence-corrected chi connectivity index (χ0v) is 18.7. The number of carbonyl (C=O) groups excluding carboxylic acids is 1. The van der Waals surface area contributed by atoms with Crippen LogP contribution in [0, 0.1) is 0 Å². The standard InChI is InChI=1S/C22H27N9O3/c1-22(34)8-12(32)9-30(17(33)7-6-16-26-13-4-2-3-5-14(13)27-16)10-15(22)31-11-25-18-19(23)28-21(24)29-20(18)31/h2-5,11-12,15,32,34H,6-10H2,1H3,(H,26,27)(H4,23,24,28,29)/t12-,15+,22+/m0/s1. The Labute approximate surface area is 194 Å². The molecular weight excluding hydrogens is 438 g/mol. The number of nitrogen functional groups attached to an aromatic ring is 2. The van der Waals surface area contributed by atoms with Gasteiger partial charge in [0.05, 0.1) is 35.1 Å². The summed E-state index contributed by atoms with van der Waals surface area (Å²) in [5.41, 5.74) is 12.8. The van der Waals surface area contributed by atoms with Crippen LogP contribution in [0.25, 0.3) is 22.2 Å². The Hall–Kier alpha value is -3.77. The Morgan fingerprint density at radius 2 is 2.03 bits per heavy atom. The lowest BCUT2D eigenvalue weighted by Gasteiger charge is -2.34. The van der Waals surface area contributed by atoms with Crippen molar-refractivity contribution < 1.29 is 15.0 Å². The molecule has 0 saturated carbocycles. The second kappa shape index (κ2) is 8.22. The molecule has 0 unspecified atom stereocenters. The molecule has 1 fully saturated rings. The highest BCUT2D eigenvalue weighted by molar-refractivity contribution is 5.83. The predicted octanol–water partition coefficient (Wildman–Crippen LogP) is 0.385. The number of imidazole rings is 2. The number of rotatable bonds is 4. The van der Waals surface area contributed by atoms with Crippen molar-refractivity contribution in [2.24, 2.45) is 0 Å². The number of β-amino-alcohol motifs (C(OH)–C–C–N with tert-alkyl or cyclic N) is 1. The minimum atomic E-state index is -1.35. The topological polar surface area (TPSA) is 185 Å². The SMILES string of the molecule is C[C@@]1(O)C[C@H](O)CN(C(=O)CCc2nc3ccccc3[nH]2)C[C@H]1n1cnc2c(N)nc(N)nc21. The minimum absolute atomic E-state index is 0.0150. The van der Waals surface area contributed by atoms with Crippen molar-refractivity contribution in [2.45, 2.75) is 43.9 Å². The van der Waals surface area contributed by atoms with E-state index in [0.717, 1.165) is 16.9 Å². The highest BCUT2D eigenvalue weighted by Crippen LogP contribution is 2.34. The number of H-pyrrole nitrogens is 1. The summed E-state index contributed by atoms with van der Waals surface area (Å²) < 4.78 is 1.65. The first-order valence-corrected chi connectivity index (χ1v) is 11.1. The van der Waals surface area contributed by atoms with Gasteiger partial charge in [-0.3, -0.25) is 4.79 Å². The number of aryl methyl sites for hydroxylation is 1. The third-order valence-corrected chi connectivity index (χ3v) is 6.36. The van der Waals surface area contributed by atoms with Crippen molar-refractivity contribution in [3.05, 3.63) is 36.4 Å². The van der Waals surface area contributed by atoms with E-state index in [1.807, 2.05) is 24.3 Å². The first-order valence-electron chi connectivity index (χ1n) is 11.1. The van der Waals surface area contributed by atoms with Crippen LogP contribution in [0.15, 0.2) is 30.6 Å². The fourth-order valence-corrected chi connectivity index (χ4v) is 4.69. The van der Waals surface area contributed by atoms with Gasteiger partial charge in [-0.25, -0.2) is 9.97 Å². The molecule has 0 radical (unpaired) electrons. The number of nitrogens with one attached hydrogen (secondary N) is 1. The van der Waals surface area contributed by atoms with Gasteiger partial charge < -0.3 is 36.1 Å². The average Bonchev–Trinajstić information content (AvgIpc) is 3.35. The number of fused-ring (bicyclic) bond motifs is 2. The molecule has 12 heteroatoms. The first kappa shape index (κ1) is 22.0. The van der Waals surface area contributed by atoms with Crippen LogP contribution in [0.2, 0.25) is 0 Å². The number of nitrogens with two attached hydrogens (primary N) is 2. The van der Waals surface area contributed by atoms with E-state index in [0.29, 0.717) is 17.6 Å². The average molecular weight is 466 g/mol. The smallest absolute Gasteiger partial charge is 0.224 e. The molecule has 4 heterocycles. The van der Waals surface area contributed by atoms with Crippen molar-refractivity contribution in [2.75, 3.05) is 24.6 Å². The predicted molar refractivity (Wildman–Crippen MR) is 125 cm³/mol. The van der Waals surface area contributed by atoms with Gasteiger partial charge in [0.2, 0.25) is 11.9 Å². The Morgan fingerprint density at radius 3 is 2.82 bits per heavy atom. The van der Waals surface area contributed by atoms with Gasteiger partial charge in [0.15, 0.2) is 11.5 Å². The van der Waals surface area contributed by atoms with Crippen LogP contribution >= 0.6 is 0 Å². The van der Waals surface area contributed by atoms with E-state index in [1.54, 1.807) is 16.4 Å². The molecule has 0 spiro atoms. The lowest BCUT2D eigenvalue weighted by Crippen LogP contribution is -2.42.